The van der Waals surface area contributed by atoms with E-state index in [1.54, 1.807) is 18.2 Å². The molecule has 1 heterocycles. The monoisotopic (exact) mass is 273 g/mol. The molecule has 1 N–H and O–H groups in total. The summed E-state index contributed by atoms with van der Waals surface area (Å²) in [6.45, 7) is 0. The second-order valence-corrected chi connectivity index (χ2v) is 4.60. The lowest BCUT2D eigenvalue weighted by molar-refractivity contribution is -0.383. The van der Waals surface area contributed by atoms with Crippen molar-refractivity contribution in [2.45, 2.75) is 0 Å². The number of aldehydes is 1. The average molecular weight is 273 g/mol. The Morgan fingerprint density at radius 2 is 2.16 bits per heavy atom. The highest BCUT2D eigenvalue weighted by Gasteiger charge is 2.15. The molecule has 19 heavy (non-hydrogen) atoms. The van der Waals surface area contributed by atoms with Gasteiger partial charge in [0.15, 0.2) is 6.29 Å². The second kappa shape index (κ2) is 5.29. The average Bonchev–Trinajstić information content (AvgIpc) is 2.81. The number of anilines is 2. The first-order valence-electron chi connectivity index (χ1n) is 5.15. The first-order chi connectivity index (χ1) is 9.15. The van der Waals surface area contributed by atoms with E-state index in [1.165, 1.54) is 12.1 Å². The molecule has 2 rings (SSSR count). The predicted octanol–water partition coefficient (Wildman–Crippen LogP) is 3.08. The number of hydrogen-bond donors (Lipinski definition) is 1. The zero-order valence-electron chi connectivity index (χ0n) is 9.49. The molecule has 0 aliphatic carbocycles. The summed E-state index contributed by atoms with van der Waals surface area (Å²) in [5.41, 5.74) is 0.473. The van der Waals surface area contributed by atoms with Crippen LogP contribution in [0.5, 0.6) is 0 Å². The van der Waals surface area contributed by atoms with Crippen molar-refractivity contribution in [2.75, 3.05) is 5.32 Å². The summed E-state index contributed by atoms with van der Waals surface area (Å²) in [7, 11) is 0. The number of nitrogens with one attached hydrogen (secondary N) is 1. The third kappa shape index (κ3) is 2.59. The molecule has 0 saturated heterocycles. The summed E-state index contributed by atoms with van der Waals surface area (Å²) < 4.78 is 0. The van der Waals surface area contributed by atoms with Crippen LogP contribution in [0.4, 0.5) is 16.4 Å². The Labute approximate surface area is 112 Å². The molecule has 0 bridgehead atoms. The second-order valence-electron chi connectivity index (χ2n) is 3.52. The maximum Gasteiger partial charge on any atom is 0.292 e. The number of thiophene rings is 1. The molecular weight excluding hydrogens is 266 g/mol. The van der Waals surface area contributed by atoms with Crippen LogP contribution in [0.1, 0.15) is 15.2 Å². The lowest BCUT2D eigenvalue weighted by Gasteiger charge is -2.04. The number of nitriles is 1. The Hall–Kier alpha value is -2.72. The first kappa shape index (κ1) is 12.7. The van der Waals surface area contributed by atoms with Gasteiger partial charge in [-0.15, -0.1) is 11.3 Å². The number of nitrogens with zero attached hydrogens (tertiary/aromatic N) is 2. The molecule has 0 fully saturated rings. The molecule has 6 nitrogen and oxygen atoms in total. The van der Waals surface area contributed by atoms with Gasteiger partial charge in [0.2, 0.25) is 0 Å². The van der Waals surface area contributed by atoms with Crippen LogP contribution in [0.15, 0.2) is 30.3 Å². The van der Waals surface area contributed by atoms with E-state index in [-0.39, 0.29) is 16.9 Å². The number of benzene rings is 1. The van der Waals surface area contributed by atoms with Crippen molar-refractivity contribution >= 4 is 34.0 Å². The van der Waals surface area contributed by atoms with E-state index < -0.39 is 4.92 Å². The minimum atomic E-state index is -0.511. The molecule has 1 aromatic heterocycles. The summed E-state index contributed by atoms with van der Waals surface area (Å²) >= 11 is 1.08. The van der Waals surface area contributed by atoms with Crippen LogP contribution < -0.4 is 5.32 Å². The van der Waals surface area contributed by atoms with Gasteiger partial charge in [0.25, 0.3) is 5.69 Å². The third-order valence-electron chi connectivity index (χ3n) is 2.34. The molecule has 2 aromatic rings. The minimum absolute atomic E-state index is 0.0903. The van der Waals surface area contributed by atoms with Crippen molar-refractivity contribution in [3.05, 3.63) is 50.9 Å². The van der Waals surface area contributed by atoms with Crippen LogP contribution in [-0.4, -0.2) is 11.2 Å². The summed E-state index contributed by atoms with van der Waals surface area (Å²) in [4.78, 5) is 21.4. The van der Waals surface area contributed by atoms with Crippen LogP contribution >= 0.6 is 11.3 Å². The largest absolute Gasteiger partial charge is 0.341 e. The number of carbonyl (C=O) groups excluding carboxylic acids is 1. The molecule has 0 atom stereocenters. The Kier molecular flexibility index (Phi) is 3.54. The summed E-state index contributed by atoms with van der Waals surface area (Å²) in [5.74, 6) is 0. The standard InChI is InChI=1S/C12H7N3O3S/c13-6-8-5-9(7-16)19-12(8)14-10-3-1-2-4-11(10)15(17)18/h1-5,7,14H. The topological polar surface area (TPSA) is 96.0 Å². The first-order valence-corrected chi connectivity index (χ1v) is 5.97. The van der Waals surface area contributed by atoms with E-state index in [4.69, 9.17) is 5.26 Å². The molecule has 0 spiro atoms. The van der Waals surface area contributed by atoms with Crippen molar-refractivity contribution in [1.29, 1.82) is 5.26 Å². The molecule has 1 aromatic carbocycles. The molecule has 0 aliphatic heterocycles. The lowest BCUT2D eigenvalue weighted by atomic mass is 10.2. The fraction of sp³-hybridized carbons (Fsp3) is 0. The van der Waals surface area contributed by atoms with Gasteiger partial charge in [0.05, 0.1) is 15.4 Å². The van der Waals surface area contributed by atoms with Gasteiger partial charge in [-0.3, -0.25) is 14.9 Å². The van der Waals surface area contributed by atoms with E-state index in [0.717, 1.165) is 11.3 Å². The van der Waals surface area contributed by atoms with E-state index in [0.29, 0.717) is 16.2 Å². The zero-order chi connectivity index (χ0) is 13.8. The quantitative estimate of drug-likeness (QED) is 0.524. The van der Waals surface area contributed by atoms with Gasteiger partial charge in [-0.25, -0.2) is 0 Å². The van der Waals surface area contributed by atoms with Crippen molar-refractivity contribution in [1.82, 2.24) is 0 Å². The fourth-order valence-electron chi connectivity index (χ4n) is 1.50. The van der Waals surface area contributed by atoms with E-state index in [9.17, 15) is 14.9 Å². The highest BCUT2D eigenvalue weighted by molar-refractivity contribution is 7.18. The minimum Gasteiger partial charge on any atom is -0.341 e. The zero-order valence-corrected chi connectivity index (χ0v) is 10.3. The van der Waals surface area contributed by atoms with Gasteiger partial charge in [0, 0.05) is 6.07 Å². The summed E-state index contributed by atoms with van der Waals surface area (Å²) in [6, 6.07) is 9.49. The van der Waals surface area contributed by atoms with E-state index in [2.05, 4.69) is 5.32 Å². The van der Waals surface area contributed by atoms with Crippen LogP contribution in [0, 0.1) is 21.4 Å². The molecule has 0 radical (unpaired) electrons. The normalized spacial score (nSPS) is 9.63. The lowest BCUT2D eigenvalue weighted by Crippen LogP contribution is -1.96. The van der Waals surface area contributed by atoms with Crippen LogP contribution in [0.3, 0.4) is 0 Å². The molecular formula is C12H7N3O3S. The van der Waals surface area contributed by atoms with Gasteiger partial charge in [-0.1, -0.05) is 12.1 Å². The number of rotatable bonds is 4. The predicted molar refractivity (Wildman–Crippen MR) is 70.8 cm³/mol. The van der Waals surface area contributed by atoms with Gasteiger partial charge < -0.3 is 5.32 Å². The molecule has 7 heteroatoms. The maximum absolute atomic E-state index is 10.9. The van der Waals surface area contributed by atoms with Gasteiger partial charge in [-0.2, -0.15) is 5.26 Å². The third-order valence-corrected chi connectivity index (χ3v) is 3.31. The SMILES string of the molecule is N#Cc1cc(C=O)sc1Nc1ccccc1[N+](=O)[O-]. The van der Waals surface area contributed by atoms with Crippen molar-refractivity contribution in [3.8, 4) is 6.07 Å². The highest BCUT2D eigenvalue weighted by atomic mass is 32.1. The molecule has 0 saturated carbocycles. The molecule has 94 valence electrons. The fourth-order valence-corrected chi connectivity index (χ4v) is 2.34. The number of carbonyl (C=O) groups is 1. The molecule has 0 aliphatic rings. The van der Waals surface area contributed by atoms with Crippen molar-refractivity contribution in [2.24, 2.45) is 0 Å². The van der Waals surface area contributed by atoms with E-state index >= 15 is 0 Å². The summed E-state index contributed by atoms with van der Waals surface area (Å²) in [5, 5.41) is 23.1. The number of nitro benzene ring substituents is 1. The summed E-state index contributed by atoms with van der Waals surface area (Å²) in [6.07, 6.45) is 0.635. The Morgan fingerprint density at radius 3 is 2.79 bits per heavy atom. The van der Waals surface area contributed by atoms with Gasteiger partial charge >= 0.3 is 0 Å². The smallest absolute Gasteiger partial charge is 0.292 e. The van der Waals surface area contributed by atoms with E-state index in [1.807, 2.05) is 6.07 Å². The van der Waals surface area contributed by atoms with Crippen molar-refractivity contribution < 1.29 is 9.72 Å². The Bertz CT molecular complexity index is 688. The van der Waals surface area contributed by atoms with Crippen molar-refractivity contribution in [3.63, 3.8) is 0 Å². The number of para-hydroxylation sites is 2. The molecule has 0 amide bonds. The molecule has 0 unspecified atom stereocenters. The van der Waals surface area contributed by atoms with Crippen LogP contribution in [0.2, 0.25) is 0 Å². The van der Waals surface area contributed by atoms with Crippen LogP contribution in [-0.2, 0) is 0 Å². The van der Waals surface area contributed by atoms with Gasteiger partial charge in [-0.05, 0) is 12.1 Å². The number of nitro groups is 1. The van der Waals surface area contributed by atoms with Gasteiger partial charge in [0.1, 0.15) is 16.8 Å². The Morgan fingerprint density at radius 1 is 1.42 bits per heavy atom. The maximum atomic E-state index is 10.9. The number of hydrogen-bond acceptors (Lipinski definition) is 6. The Balaban J connectivity index is 2.42. The van der Waals surface area contributed by atoms with Crippen LogP contribution in [0.25, 0.3) is 0 Å². The highest BCUT2D eigenvalue weighted by Crippen LogP contribution is 2.33.